The molecule has 0 saturated carbocycles. The molecule has 1 N–H and O–H groups in total. The molecule has 4 nitrogen and oxygen atoms in total. The third-order valence-electron chi connectivity index (χ3n) is 2.57. The molecule has 2 rings (SSSR count). The van der Waals surface area contributed by atoms with E-state index in [4.69, 9.17) is 4.55 Å². The summed E-state index contributed by atoms with van der Waals surface area (Å²) in [6, 6.07) is 11.5. The predicted octanol–water partition coefficient (Wildman–Crippen LogP) is -0.596. The summed E-state index contributed by atoms with van der Waals surface area (Å²) in [5, 5.41) is 11.6. The van der Waals surface area contributed by atoms with Crippen LogP contribution in [0.15, 0.2) is 52.4 Å². The fourth-order valence-corrected chi connectivity index (χ4v) is 1.92. The maximum atomic E-state index is 11.6. The molecule has 0 saturated heterocycles. The van der Waals surface area contributed by atoms with Gasteiger partial charge in [0.15, 0.2) is 11.1 Å². The van der Waals surface area contributed by atoms with Crippen molar-refractivity contribution in [3.63, 3.8) is 0 Å². The fraction of sp³-hybridized carbons (Fsp3) is 0.0714. The second-order valence-electron chi connectivity index (χ2n) is 4.04. The van der Waals surface area contributed by atoms with Crippen LogP contribution < -0.4 is 34.7 Å². The molecule has 6 heteroatoms. The van der Waals surface area contributed by atoms with Crippen molar-refractivity contribution in [3.05, 3.63) is 53.6 Å². The van der Waals surface area contributed by atoms with Gasteiger partial charge in [-0.05, 0) is 36.8 Å². The minimum absolute atomic E-state index is 0. The molecule has 1 atom stereocenters. The minimum Gasteiger partial charge on any atom is -0.872 e. The second kappa shape index (κ2) is 7.71. The molecule has 0 aliphatic rings. The van der Waals surface area contributed by atoms with E-state index in [0.717, 1.165) is 11.3 Å². The number of hydrogen-bond donors (Lipinski definition) is 1. The Labute approximate surface area is 142 Å². The van der Waals surface area contributed by atoms with Gasteiger partial charge in [-0.1, -0.05) is 29.5 Å². The van der Waals surface area contributed by atoms with Gasteiger partial charge in [0.05, 0.1) is 10.6 Å². The van der Waals surface area contributed by atoms with Gasteiger partial charge in [0, 0.05) is 6.21 Å². The number of nitrogens with zero attached hydrogens (tertiary/aromatic N) is 1. The van der Waals surface area contributed by atoms with E-state index in [1.165, 1.54) is 24.4 Å². The number of aryl methyl sites for hydroxylation is 1. The van der Waals surface area contributed by atoms with E-state index in [1.807, 2.05) is 31.2 Å². The normalized spacial score (nSPS) is 12.1. The van der Waals surface area contributed by atoms with Crippen LogP contribution in [0.25, 0.3) is 0 Å². The zero-order valence-electron chi connectivity index (χ0n) is 11.2. The summed E-state index contributed by atoms with van der Waals surface area (Å²) in [5.41, 5.74) is 2.14. The van der Waals surface area contributed by atoms with Crippen molar-refractivity contribution < 1.29 is 43.4 Å². The van der Waals surface area contributed by atoms with Crippen LogP contribution in [-0.2, 0) is 11.1 Å². The zero-order valence-corrected chi connectivity index (χ0v) is 14.1. The molecule has 0 radical (unpaired) electrons. The van der Waals surface area contributed by atoms with Crippen molar-refractivity contribution in [2.45, 2.75) is 11.8 Å². The number of hydrogen-bond acceptors (Lipinski definition) is 3. The smallest absolute Gasteiger partial charge is 0.872 e. The van der Waals surface area contributed by atoms with Gasteiger partial charge in [0.1, 0.15) is 0 Å². The molecule has 0 aromatic heterocycles. The van der Waals surface area contributed by atoms with Crippen LogP contribution in [0.3, 0.4) is 0 Å². The SMILES string of the molecule is Cc1ccc(N=Cc2cc(S(=O)O)ccc2[O-])cc1.[Na+]. The first-order chi connectivity index (χ1) is 9.06. The average molecular weight is 297 g/mol. The molecule has 0 amide bonds. The topological polar surface area (TPSA) is 72.7 Å². The Kier molecular flexibility index (Phi) is 6.58. The van der Waals surface area contributed by atoms with E-state index < -0.39 is 11.1 Å². The monoisotopic (exact) mass is 297 g/mol. The molecular formula is C14H12NNaO3S. The van der Waals surface area contributed by atoms with Crippen molar-refractivity contribution in [3.8, 4) is 5.75 Å². The minimum atomic E-state index is -2.10. The van der Waals surface area contributed by atoms with Crippen LogP contribution in [-0.4, -0.2) is 15.0 Å². The first-order valence-corrected chi connectivity index (χ1v) is 6.69. The van der Waals surface area contributed by atoms with E-state index in [0.29, 0.717) is 5.56 Å². The molecule has 0 fully saturated rings. The standard InChI is InChI=1S/C14H13NO3S.Na/c1-10-2-4-12(5-3-10)15-9-11-8-13(19(17)18)6-7-14(11)16;/h2-9,16H,1H3,(H,17,18);/q;+1/p-1. The summed E-state index contributed by atoms with van der Waals surface area (Å²) < 4.78 is 19.9. The molecule has 0 spiro atoms. The molecule has 98 valence electrons. The molecule has 0 heterocycles. The van der Waals surface area contributed by atoms with Gasteiger partial charge < -0.3 is 9.66 Å². The van der Waals surface area contributed by atoms with Crippen molar-refractivity contribution in [1.82, 2.24) is 0 Å². The van der Waals surface area contributed by atoms with Gasteiger partial charge in [-0.2, -0.15) is 0 Å². The fourth-order valence-electron chi connectivity index (χ4n) is 1.51. The molecule has 2 aromatic carbocycles. The van der Waals surface area contributed by atoms with E-state index in [2.05, 4.69) is 4.99 Å². The average Bonchev–Trinajstić information content (AvgIpc) is 2.39. The zero-order chi connectivity index (χ0) is 13.8. The number of aliphatic imine (C=N–C) groups is 1. The maximum absolute atomic E-state index is 11.6. The summed E-state index contributed by atoms with van der Waals surface area (Å²) in [6.45, 7) is 1.98. The van der Waals surface area contributed by atoms with Crippen molar-refractivity contribution >= 4 is 23.0 Å². The Hall–Kier alpha value is -0.980. The molecule has 0 aliphatic carbocycles. The number of rotatable bonds is 3. The van der Waals surface area contributed by atoms with Crippen LogP contribution in [0.5, 0.6) is 5.75 Å². The molecule has 0 bridgehead atoms. The van der Waals surface area contributed by atoms with Crippen molar-refractivity contribution in [1.29, 1.82) is 0 Å². The first-order valence-electron chi connectivity index (χ1n) is 5.59. The summed E-state index contributed by atoms with van der Waals surface area (Å²) >= 11 is -2.10. The number of benzene rings is 2. The molecule has 2 aromatic rings. The van der Waals surface area contributed by atoms with Crippen LogP contribution in [0, 0.1) is 6.92 Å². The van der Waals surface area contributed by atoms with Crippen LogP contribution in [0.4, 0.5) is 5.69 Å². The molecule has 20 heavy (non-hydrogen) atoms. The Morgan fingerprint density at radius 2 is 1.85 bits per heavy atom. The van der Waals surface area contributed by atoms with Gasteiger partial charge in [-0.15, -0.1) is 0 Å². The van der Waals surface area contributed by atoms with Crippen LogP contribution in [0.1, 0.15) is 11.1 Å². The Balaban J connectivity index is 0.00000200. The van der Waals surface area contributed by atoms with E-state index >= 15 is 0 Å². The van der Waals surface area contributed by atoms with Gasteiger partial charge in [-0.25, -0.2) is 4.21 Å². The Morgan fingerprint density at radius 3 is 2.45 bits per heavy atom. The summed E-state index contributed by atoms with van der Waals surface area (Å²) in [7, 11) is 0. The first kappa shape index (κ1) is 17.1. The van der Waals surface area contributed by atoms with Gasteiger partial charge in [-0.3, -0.25) is 4.99 Å². The van der Waals surface area contributed by atoms with Crippen LogP contribution >= 0.6 is 0 Å². The quantitative estimate of drug-likeness (QED) is 0.467. The summed E-state index contributed by atoms with van der Waals surface area (Å²) in [5.74, 6) is -0.231. The Morgan fingerprint density at radius 1 is 1.20 bits per heavy atom. The van der Waals surface area contributed by atoms with Crippen LogP contribution in [0.2, 0.25) is 0 Å². The van der Waals surface area contributed by atoms with Gasteiger partial charge in [0.25, 0.3) is 0 Å². The van der Waals surface area contributed by atoms with Gasteiger partial charge in [0.2, 0.25) is 0 Å². The van der Waals surface area contributed by atoms with Gasteiger partial charge >= 0.3 is 29.6 Å². The molecule has 0 aliphatic heterocycles. The maximum Gasteiger partial charge on any atom is 1.00 e. The summed E-state index contributed by atoms with van der Waals surface area (Å²) in [4.78, 5) is 4.36. The third-order valence-corrected chi connectivity index (χ3v) is 3.23. The van der Waals surface area contributed by atoms with E-state index in [9.17, 15) is 9.32 Å². The second-order valence-corrected chi connectivity index (χ2v) is 5.01. The Bertz CT molecular complexity index is 641. The van der Waals surface area contributed by atoms with Crippen molar-refractivity contribution in [2.75, 3.05) is 0 Å². The largest absolute Gasteiger partial charge is 1.00 e. The van der Waals surface area contributed by atoms with E-state index in [1.54, 1.807) is 0 Å². The third kappa shape index (κ3) is 4.54. The summed E-state index contributed by atoms with van der Waals surface area (Å²) in [6.07, 6.45) is 1.41. The van der Waals surface area contributed by atoms with Crippen molar-refractivity contribution in [2.24, 2.45) is 4.99 Å². The van der Waals surface area contributed by atoms with E-state index in [-0.39, 0.29) is 40.2 Å². The molecular weight excluding hydrogens is 285 g/mol. The molecule has 1 unspecified atom stereocenters. The predicted molar refractivity (Wildman–Crippen MR) is 73.4 cm³/mol.